The van der Waals surface area contributed by atoms with Crippen molar-refractivity contribution in [3.63, 3.8) is 0 Å². The number of hydrogen-bond acceptors (Lipinski definition) is 2. The Bertz CT molecular complexity index is 1740. The van der Waals surface area contributed by atoms with Crippen LogP contribution in [-0.2, 0) is 0 Å². The van der Waals surface area contributed by atoms with Crippen molar-refractivity contribution in [1.29, 1.82) is 0 Å². The predicted octanol–water partition coefficient (Wildman–Crippen LogP) is 12.2. The summed E-state index contributed by atoms with van der Waals surface area (Å²) in [6.07, 6.45) is 45.0. The zero-order valence-corrected chi connectivity index (χ0v) is 29.8. The van der Waals surface area contributed by atoms with Crippen LogP contribution in [0.5, 0.6) is 5.75 Å². The lowest BCUT2D eigenvalue weighted by atomic mass is 9.70. The molecule has 0 N–H and O–H groups in total. The van der Waals surface area contributed by atoms with Gasteiger partial charge in [0.2, 0.25) is 0 Å². The Hall–Kier alpha value is -3.78. The Morgan fingerprint density at radius 3 is 2.32 bits per heavy atom. The van der Waals surface area contributed by atoms with Crippen LogP contribution >= 0.6 is 0 Å². The summed E-state index contributed by atoms with van der Waals surface area (Å²) in [5, 5.41) is 0. The van der Waals surface area contributed by atoms with Crippen LogP contribution in [0.1, 0.15) is 112 Å². The zero-order valence-electron chi connectivity index (χ0n) is 29.8. The van der Waals surface area contributed by atoms with Crippen molar-refractivity contribution in [3.05, 3.63) is 138 Å². The van der Waals surface area contributed by atoms with Crippen molar-refractivity contribution in [1.82, 2.24) is 4.90 Å². The fraction of sp³-hybridized carbons (Fsp3) is 0.458. The maximum absolute atomic E-state index is 6.78. The second-order valence-corrected chi connectivity index (χ2v) is 16.3. The van der Waals surface area contributed by atoms with Gasteiger partial charge in [0, 0.05) is 29.1 Å². The second kappa shape index (κ2) is 14.5. The van der Waals surface area contributed by atoms with E-state index in [9.17, 15) is 0 Å². The minimum absolute atomic E-state index is 0.328. The lowest BCUT2D eigenvalue weighted by Gasteiger charge is -2.45. The summed E-state index contributed by atoms with van der Waals surface area (Å²) in [4.78, 5) is 2.87. The number of allylic oxidation sites excluding steroid dienone is 11. The van der Waals surface area contributed by atoms with E-state index in [-0.39, 0.29) is 0 Å². The fourth-order valence-corrected chi connectivity index (χ4v) is 10.8. The van der Waals surface area contributed by atoms with Gasteiger partial charge in [0.1, 0.15) is 11.9 Å². The van der Waals surface area contributed by atoms with Gasteiger partial charge in [0.05, 0.1) is 6.04 Å². The molecule has 0 saturated heterocycles. The highest BCUT2D eigenvalue weighted by Crippen LogP contribution is 2.50. The molecule has 2 heteroatoms. The minimum atomic E-state index is 0.328. The van der Waals surface area contributed by atoms with Gasteiger partial charge in [-0.25, -0.2) is 0 Å². The Kier molecular flexibility index (Phi) is 9.29. The molecule has 5 atom stereocenters. The summed E-state index contributed by atoms with van der Waals surface area (Å²) in [6.45, 7) is 0. The van der Waals surface area contributed by atoms with Gasteiger partial charge in [0.25, 0.3) is 0 Å². The van der Waals surface area contributed by atoms with Gasteiger partial charge in [-0.05, 0) is 116 Å². The van der Waals surface area contributed by atoms with Gasteiger partial charge < -0.3 is 9.64 Å². The average Bonchev–Trinajstić information content (AvgIpc) is 3.58. The van der Waals surface area contributed by atoms with Crippen molar-refractivity contribution >= 4 is 11.1 Å². The first kappa shape index (κ1) is 32.1. The first-order valence-corrected chi connectivity index (χ1v) is 20.2. The summed E-state index contributed by atoms with van der Waals surface area (Å²) in [6, 6.07) is 19.1. The van der Waals surface area contributed by atoms with Crippen molar-refractivity contribution in [2.24, 2.45) is 23.7 Å². The molecule has 7 aliphatic rings. The summed E-state index contributed by atoms with van der Waals surface area (Å²) >= 11 is 0. The molecular weight excluding hydrogens is 607 g/mol. The molecule has 2 aromatic carbocycles. The zero-order chi connectivity index (χ0) is 33.3. The van der Waals surface area contributed by atoms with E-state index in [0.29, 0.717) is 30.0 Å². The van der Waals surface area contributed by atoms with Crippen molar-refractivity contribution in [3.8, 4) is 5.75 Å². The lowest BCUT2D eigenvalue weighted by molar-refractivity contribution is 0.0826. The predicted molar refractivity (Wildman–Crippen MR) is 209 cm³/mol. The Morgan fingerprint density at radius 1 is 0.680 bits per heavy atom. The van der Waals surface area contributed by atoms with E-state index in [1.165, 1.54) is 98.5 Å². The standard InChI is InChI=1S/C48H55NO/c1-4-11-34(12-5-1)36-19-26-41(27-20-36)49(42-28-21-37(22-29-42)35-13-6-2-7-14-35)43-30-23-38(24-31-43)40-25-32-47-46(33-40)45-18-10-17-44(48(45)50-47)39-15-8-3-9-16-39/h1-2,4-7,10-13,18-20,23,25-26,30,32-33,35,37,39,41-42,44-45,48H,3,8-9,14-17,21-22,24,27-29,31H2. The second-order valence-electron chi connectivity index (χ2n) is 16.3. The van der Waals surface area contributed by atoms with Gasteiger partial charge in [-0.3, -0.25) is 0 Å². The van der Waals surface area contributed by atoms with Crippen molar-refractivity contribution in [2.75, 3.05) is 0 Å². The van der Waals surface area contributed by atoms with Crippen molar-refractivity contribution in [2.45, 2.75) is 114 Å². The van der Waals surface area contributed by atoms with Crippen LogP contribution in [0.2, 0.25) is 0 Å². The van der Waals surface area contributed by atoms with E-state index in [4.69, 9.17) is 4.74 Å². The highest BCUT2D eigenvalue weighted by molar-refractivity contribution is 5.75. The summed E-state index contributed by atoms with van der Waals surface area (Å²) in [5.74, 6) is 4.61. The highest BCUT2D eigenvalue weighted by Gasteiger charge is 2.43. The Balaban J connectivity index is 0.944. The molecule has 5 unspecified atom stereocenters. The van der Waals surface area contributed by atoms with Gasteiger partial charge in [-0.1, -0.05) is 129 Å². The fourth-order valence-electron chi connectivity index (χ4n) is 10.8. The van der Waals surface area contributed by atoms with Crippen LogP contribution in [0, 0.1) is 23.7 Å². The maximum Gasteiger partial charge on any atom is 0.123 e. The molecule has 0 radical (unpaired) electrons. The molecule has 2 saturated carbocycles. The van der Waals surface area contributed by atoms with Crippen molar-refractivity contribution < 1.29 is 4.74 Å². The lowest BCUT2D eigenvalue weighted by Crippen LogP contribution is -2.44. The molecule has 0 aromatic heterocycles. The quantitative estimate of drug-likeness (QED) is 0.274. The third-order valence-corrected chi connectivity index (χ3v) is 13.5. The van der Waals surface area contributed by atoms with Crippen LogP contribution in [0.15, 0.2) is 121 Å². The molecule has 2 aromatic rings. The number of hydrogen-bond donors (Lipinski definition) is 0. The van der Waals surface area contributed by atoms with Crippen LogP contribution in [0.4, 0.5) is 0 Å². The number of benzene rings is 2. The smallest absolute Gasteiger partial charge is 0.123 e. The number of nitrogens with zero attached hydrogens (tertiary/aromatic N) is 1. The van der Waals surface area contributed by atoms with E-state index in [0.717, 1.165) is 42.8 Å². The number of ether oxygens (including phenoxy) is 1. The molecule has 2 nitrogen and oxygen atoms in total. The van der Waals surface area contributed by atoms with Crippen LogP contribution < -0.4 is 4.74 Å². The van der Waals surface area contributed by atoms with E-state index in [1.54, 1.807) is 5.70 Å². The highest BCUT2D eigenvalue weighted by atomic mass is 16.5. The molecule has 0 amide bonds. The molecule has 0 bridgehead atoms. The third kappa shape index (κ3) is 6.44. The summed E-state index contributed by atoms with van der Waals surface area (Å²) < 4.78 is 6.78. The monoisotopic (exact) mass is 661 g/mol. The molecule has 258 valence electrons. The normalized spacial score (nSPS) is 32.0. The first-order valence-electron chi connectivity index (χ1n) is 20.2. The molecule has 50 heavy (non-hydrogen) atoms. The maximum atomic E-state index is 6.78. The Labute approximate surface area is 301 Å². The summed E-state index contributed by atoms with van der Waals surface area (Å²) in [7, 11) is 0. The number of fused-ring (bicyclic) bond motifs is 3. The van der Waals surface area contributed by atoms with Crippen LogP contribution in [-0.4, -0.2) is 23.1 Å². The van der Waals surface area contributed by atoms with E-state index < -0.39 is 0 Å². The average molecular weight is 662 g/mol. The summed E-state index contributed by atoms with van der Waals surface area (Å²) in [5.41, 5.74) is 8.53. The molecule has 9 rings (SSSR count). The molecule has 2 fully saturated rings. The molecule has 1 aliphatic heterocycles. The Morgan fingerprint density at radius 2 is 1.56 bits per heavy atom. The van der Waals surface area contributed by atoms with E-state index in [1.807, 2.05) is 0 Å². The largest absolute Gasteiger partial charge is 0.489 e. The number of rotatable bonds is 7. The topological polar surface area (TPSA) is 12.5 Å². The van der Waals surface area contributed by atoms with Gasteiger partial charge in [0.15, 0.2) is 0 Å². The SMILES string of the molecule is C1=CCC(C2CCC(N(C3=CC=C(c4ccc5c(c4)C4C=CCC(C6CCCCC6)C4O5)CC3)C3C=CC(c4ccccc4)=CC3)CC2)C=C1. The minimum Gasteiger partial charge on any atom is -0.489 e. The van der Waals surface area contributed by atoms with E-state index in [2.05, 4.69) is 120 Å². The van der Waals surface area contributed by atoms with Crippen LogP contribution in [0.3, 0.4) is 0 Å². The molecule has 6 aliphatic carbocycles. The van der Waals surface area contributed by atoms with Gasteiger partial charge in [-0.15, -0.1) is 0 Å². The van der Waals surface area contributed by atoms with Crippen LogP contribution in [0.25, 0.3) is 11.1 Å². The van der Waals surface area contributed by atoms with E-state index >= 15 is 0 Å². The first-order chi connectivity index (χ1) is 24.8. The van der Waals surface area contributed by atoms with Gasteiger partial charge in [-0.2, -0.15) is 0 Å². The van der Waals surface area contributed by atoms with Gasteiger partial charge >= 0.3 is 0 Å². The third-order valence-electron chi connectivity index (χ3n) is 13.5. The molecule has 0 spiro atoms. The molecule has 1 heterocycles. The molecular formula is C48H55NO.